The maximum atomic E-state index is 5.57. The molecule has 2 aromatic carbocycles. The first-order valence-corrected chi connectivity index (χ1v) is 5.69. The third kappa shape index (κ3) is 1.57. The summed E-state index contributed by atoms with van der Waals surface area (Å²) in [6.07, 6.45) is 2.05. The summed E-state index contributed by atoms with van der Waals surface area (Å²) in [4.78, 5) is 0. The van der Waals surface area contributed by atoms with Crippen LogP contribution in [0.2, 0.25) is 0 Å². The van der Waals surface area contributed by atoms with Crippen LogP contribution in [0.15, 0.2) is 36.1 Å². The second kappa shape index (κ2) is 3.81. The van der Waals surface area contributed by atoms with Crippen LogP contribution >= 0.6 is 0 Å². The second-order valence-electron chi connectivity index (χ2n) is 4.25. The summed E-state index contributed by atoms with van der Waals surface area (Å²) in [5, 5.41) is 2.35. The highest BCUT2D eigenvalue weighted by atomic mass is 16.5. The van der Waals surface area contributed by atoms with E-state index in [1.54, 1.807) is 7.11 Å². The Morgan fingerprint density at radius 1 is 1.24 bits per heavy atom. The minimum absolute atomic E-state index is 0.624. The molecule has 1 aliphatic heterocycles. The van der Waals surface area contributed by atoms with Gasteiger partial charge >= 0.3 is 0 Å². The summed E-state index contributed by atoms with van der Waals surface area (Å²) >= 11 is 0. The molecule has 0 N–H and O–H groups in total. The smallest absolute Gasteiger partial charge is 0.134 e. The molecule has 0 fully saturated rings. The Morgan fingerprint density at radius 2 is 2.06 bits per heavy atom. The van der Waals surface area contributed by atoms with E-state index in [9.17, 15) is 0 Å². The lowest BCUT2D eigenvalue weighted by atomic mass is 9.98. The van der Waals surface area contributed by atoms with Crippen molar-refractivity contribution in [2.24, 2.45) is 0 Å². The number of benzene rings is 2. The van der Waals surface area contributed by atoms with E-state index in [2.05, 4.69) is 18.2 Å². The molecule has 0 atom stereocenters. The number of rotatable bonds is 1. The van der Waals surface area contributed by atoms with Crippen LogP contribution in [-0.4, -0.2) is 7.11 Å². The fourth-order valence-corrected chi connectivity index (χ4v) is 2.32. The van der Waals surface area contributed by atoms with Crippen LogP contribution in [-0.2, 0) is 11.3 Å². The molecule has 2 aromatic rings. The molecule has 0 amide bonds. The molecule has 0 unspecified atom stereocenters. The van der Waals surface area contributed by atoms with Crippen molar-refractivity contribution in [3.63, 3.8) is 0 Å². The summed E-state index contributed by atoms with van der Waals surface area (Å²) in [7, 11) is 1.72. The molecular weight excluding hydrogens is 212 g/mol. The van der Waals surface area contributed by atoms with E-state index in [0.29, 0.717) is 6.61 Å². The molecule has 2 nitrogen and oxygen atoms in total. The Bertz CT molecular complexity index is 612. The van der Waals surface area contributed by atoms with E-state index in [1.807, 2.05) is 25.1 Å². The molecule has 86 valence electrons. The molecule has 0 bridgehead atoms. The average Bonchev–Trinajstić information content (AvgIpc) is 2.36. The number of methoxy groups -OCH3 is 1. The predicted molar refractivity (Wildman–Crippen MR) is 68.9 cm³/mol. The molecule has 1 heterocycles. The lowest BCUT2D eigenvalue weighted by Crippen LogP contribution is -2.03. The first-order valence-electron chi connectivity index (χ1n) is 5.69. The third-order valence-corrected chi connectivity index (χ3v) is 3.13. The van der Waals surface area contributed by atoms with Crippen molar-refractivity contribution in [1.82, 2.24) is 0 Å². The van der Waals surface area contributed by atoms with E-state index in [-0.39, 0.29) is 0 Å². The molecule has 3 rings (SSSR count). The van der Waals surface area contributed by atoms with Crippen molar-refractivity contribution < 1.29 is 9.47 Å². The van der Waals surface area contributed by atoms with Crippen molar-refractivity contribution in [1.29, 1.82) is 0 Å². The summed E-state index contributed by atoms with van der Waals surface area (Å²) in [6, 6.07) is 10.4. The zero-order valence-corrected chi connectivity index (χ0v) is 9.99. The van der Waals surface area contributed by atoms with Crippen molar-refractivity contribution in [2.45, 2.75) is 13.5 Å². The maximum Gasteiger partial charge on any atom is 0.134 e. The summed E-state index contributed by atoms with van der Waals surface area (Å²) in [5.74, 6) is 1.88. The van der Waals surface area contributed by atoms with Crippen LogP contribution in [0.5, 0.6) is 5.75 Å². The fourth-order valence-electron chi connectivity index (χ4n) is 2.32. The van der Waals surface area contributed by atoms with Gasteiger partial charge in [0.1, 0.15) is 12.4 Å². The van der Waals surface area contributed by atoms with Gasteiger partial charge in [0.15, 0.2) is 0 Å². The van der Waals surface area contributed by atoms with Crippen LogP contribution in [0, 0.1) is 0 Å². The van der Waals surface area contributed by atoms with Crippen molar-refractivity contribution in [2.75, 3.05) is 7.11 Å². The monoisotopic (exact) mass is 226 g/mol. The first kappa shape index (κ1) is 10.2. The summed E-state index contributed by atoms with van der Waals surface area (Å²) < 4.78 is 11.1. The van der Waals surface area contributed by atoms with Gasteiger partial charge in [0, 0.05) is 16.5 Å². The van der Waals surface area contributed by atoms with Crippen molar-refractivity contribution in [3.05, 3.63) is 47.2 Å². The molecule has 2 heteroatoms. The molecule has 0 radical (unpaired) electrons. The van der Waals surface area contributed by atoms with E-state index in [4.69, 9.17) is 9.47 Å². The van der Waals surface area contributed by atoms with Gasteiger partial charge in [-0.3, -0.25) is 0 Å². The van der Waals surface area contributed by atoms with Crippen LogP contribution in [0.1, 0.15) is 18.1 Å². The molecule has 0 aromatic heterocycles. The largest absolute Gasteiger partial charge is 0.495 e. The van der Waals surface area contributed by atoms with Crippen LogP contribution < -0.4 is 4.74 Å². The number of fused-ring (bicyclic) bond motifs is 2. The lowest BCUT2D eigenvalue weighted by molar-refractivity contribution is 0.199. The molecule has 0 saturated carbocycles. The maximum absolute atomic E-state index is 5.57. The number of ether oxygens (including phenoxy) is 2. The van der Waals surface area contributed by atoms with Gasteiger partial charge in [-0.05, 0) is 24.5 Å². The number of hydrogen-bond acceptors (Lipinski definition) is 2. The van der Waals surface area contributed by atoms with E-state index >= 15 is 0 Å². The van der Waals surface area contributed by atoms with E-state index in [1.165, 1.54) is 10.9 Å². The Kier molecular flexibility index (Phi) is 2.29. The topological polar surface area (TPSA) is 18.5 Å². The SMILES string of the molecule is COc1c2c(cc3ccccc13)COC(C)=C2. The highest BCUT2D eigenvalue weighted by Crippen LogP contribution is 2.36. The Morgan fingerprint density at radius 3 is 2.88 bits per heavy atom. The van der Waals surface area contributed by atoms with Crippen LogP contribution in [0.25, 0.3) is 16.8 Å². The number of hydrogen-bond donors (Lipinski definition) is 0. The molecule has 17 heavy (non-hydrogen) atoms. The normalized spacial score (nSPS) is 13.9. The Labute approximate surface area is 100 Å². The van der Waals surface area contributed by atoms with Gasteiger partial charge in [-0.25, -0.2) is 0 Å². The third-order valence-electron chi connectivity index (χ3n) is 3.13. The fraction of sp³-hybridized carbons (Fsp3) is 0.200. The van der Waals surface area contributed by atoms with Gasteiger partial charge in [0.2, 0.25) is 0 Å². The molecule has 0 saturated heterocycles. The second-order valence-corrected chi connectivity index (χ2v) is 4.25. The van der Waals surface area contributed by atoms with Gasteiger partial charge in [0.05, 0.1) is 12.9 Å². The molecule has 1 aliphatic rings. The van der Waals surface area contributed by atoms with Crippen LogP contribution in [0.4, 0.5) is 0 Å². The van der Waals surface area contributed by atoms with Gasteiger partial charge in [-0.15, -0.1) is 0 Å². The number of allylic oxidation sites excluding steroid dienone is 1. The van der Waals surface area contributed by atoms with Crippen molar-refractivity contribution in [3.8, 4) is 5.75 Å². The average molecular weight is 226 g/mol. The standard InChI is InChI=1S/C15H14O2/c1-10-7-14-12(9-17-10)8-11-5-3-4-6-13(11)15(14)16-2/h3-8H,9H2,1-2H3. The summed E-state index contributed by atoms with van der Waals surface area (Å²) in [6.45, 7) is 2.59. The van der Waals surface area contributed by atoms with Gasteiger partial charge in [0.25, 0.3) is 0 Å². The summed E-state index contributed by atoms with van der Waals surface area (Å²) in [5.41, 5.74) is 2.33. The molecular formula is C15H14O2. The quantitative estimate of drug-likeness (QED) is 0.737. The van der Waals surface area contributed by atoms with E-state index in [0.717, 1.165) is 22.5 Å². The highest BCUT2D eigenvalue weighted by molar-refractivity contribution is 5.93. The first-order chi connectivity index (χ1) is 8.29. The van der Waals surface area contributed by atoms with Gasteiger partial charge in [-0.1, -0.05) is 24.3 Å². The van der Waals surface area contributed by atoms with Crippen molar-refractivity contribution >= 4 is 16.8 Å². The highest BCUT2D eigenvalue weighted by Gasteiger charge is 2.16. The predicted octanol–water partition coefficient (Wildman–Crippen LogP) is 3.74. The van der Waals surface area contributed by atoms with E-state index < -0.39 is 0 Å². The minimum atomic E-state index is 0.624. The lowest BCUT2D eigenvalue weighted by Gasteiger charge is -2.19. The van der Waals surface area contributed by atoms with Gasteiger partial charge in [-0.2, -0.15) is 0 Å². The van der Waals surface area contributed by atoms with Gasteiger partial charge < -0.3 is 9.47 Å². The molecule has 0 aliphatic carbocycles. The Balaban J connectivity index is 2.39. The zero-order valence-electron chi connectivity index (χ0n) is 9.99. The Hall–Kier alpha value is -1.96. The van der Waals surface area contributed by atoms with Crippen LogP contribution in [0.3, 0.4) is 0 Å². The zero-order chi connectivity index (χ0) is 11.8. The molecule has 0 spiro atoms. The minimum Gasteiger partial charge on any atom is -0.495 e.